The SMILES string of the molecule is CCC(=O)N[C@@H]1CCCN(C(=O)[C@H]2C[C@@H]2c2ccc(OC)cc2)C1. The van der Waals surface area contributed by atoms with Gasteiger partial charge in [-0.25, -0.2) is 0 Å². The summed E-state index contributed by atoms with van der Waals surface area (Å²) in [6.07, 6.45) is 3.34. The summed E-state index contributed by atoms with van der Waals surface area (Å²) in [6.45, 7) is 3.31. The smallest absolute Gasteiger partial charge is 0.226 e. The minimum absolute atomic E-state index is 0.0665. The Morgan fingerprint density at radius 1 is 1.29 bits per heavy atom. The normalized spacial score (nSPS) is 25.9. The van der Waals surface area contributed by atoms with Crippen molar-refractivity contribution >= 4 is 11.8 Å². The Morgan fingerprint density at radius 2 is 2.04 bits per heavy atom. The molecule has 0 unspecified atom stereocenters. The van der Waals surface area contributed by atoms with E-state index >= 15 is 0 Å². The molecule has 5 nitrogen and oxygen atoms in total. The molecule has 0 bridgehead atoms. The average molecular weight is 330 g/mol. The number of methoxy groups -OCH3 is 1. The molecular weight excluding hydrogens is 304 g/mol. The molecule has 0 aromatic heterocycles. The number of piperidine rings is 1. The molecule has 1 aliphatic heterocycles. The Balaban J connectivity index is 1.56. The first-order chi connectivity index (χ1) is 11.6. The van der Waals surface area contributed by atoms with Crippen molar-refractivity contribution in [1.29, 1.82) is 0 Å². The van der Waals surface area contributed by atoms with E-state index in [0.717, 1.165) is 31.6 Å². The van der Waals surface area contributed by atoms with Crippen LogP contribution < -0.4 is 10.1 Å². The second-order valence-corrected chi connectivity index (χ2v) is 6.77. The molecule has 1 saturated carbocycles. The Morgan fingerprint density at radius 3 is 2.71 bits per heavy atom. The summed E-state index contributed by atoms with van der Waals surface area (Å²) in [6, 6.07) is 8.11. The zero-order chi connectivity index (χ0) is 17.1. The summed E-state index contributed by atoms with van der Waals surface area (Å²) in [5.41, 5.74) is 1.21. The highest BCUT2D eigenvalue weighted by molar-refractivity contribution is 5.83. The van der Waals surface area contributed by atoms with Crippen LogP contribution in [0, 0.1) is 5.92 Å². The number of nitrogens with one attached hydrogen (secondary N) is 1. The maximum absolute atomic E-state index is 12.8. The lowest BCUT2D eigenvalue weighted by atomic mass is 10.0. The Labute approximate surface area is 143 Å². The second-order valence-electron chi connectivity index (χ2n) is 6.77. The average Bonchev–Trinajstić information content (AvgIpc) is 3.42. The molecule has 2 fully saturated rings. The standard InChI is InChI=1S/C19H26N2O3/c1-3-18(22)20-14-5-4-10-21(12-14)19(23)17-11-16(17)13-6-8-15(24-2)9-7-13/h6-9,14,16-17H,3-5,10-12H2,1-2H3,(H,20,22)/t14-,16-,17+/m1/s1. The van der Waals surface area contributed by atoms with Crippen molar-refractivity contribution in [3.05, 3.63) is 29.8 Å². The third-order valence-electron chi connectivity index (χ3n) is 5.07. The topological polar surface area (TPSA) is 58.6 Å². The van der Waals surface area contributed by atoms with Crippen LogP contribution in [-0.4, -0.2) is 43.0 Å². The number of likely N-dealkylation sites (tertiary alicyclic amines) is 1. The summed E-state index contributed by atoms with van der Waals surface area (Å²) >= 11 is 0. The number of amides is 2. The van der Waals surface area contributed by atoms with Crippen LogP contribution in [0.5, 0.6) is 5.75 Å². The lowest BCUT2D eigenvalue weighted by Crippen LogP contribution is -2.50. The molecule has 2 amide bonds. The van der Waals surface area contributed by atoms with E-state index in [2.05, 4.69) is 17.4 Å². The highest BCUT2D eigenvalue weighted by Crippen LogP contribution is 2.48. The van der Waals surface area contributed by atoms with E-state index in [1.807, 2.05) is 24.0 Å². The molecule has 130 valence electrons. The number of benzene rings is 1. The predicted octanol–water partition coefficient (Wildman–Crippen LogP) is 2.32. The van der Waals surface area contributed by atoms with Gasteiger partial charge in [-0.1, -0.05) is 19.1 Å². The van der Waals surface area contributed by atoms with E-state index in [1.54, 1.807) is 7.11 Å². The molecular formula is C19H26N2O3. The maximum atomic E-state index is 12.8. The van der Waals surface area contributed by atoms with Gasteiger partial charge < -0.3 is 15.0 Å². The number of hydrogen-bond donors (Lipinski definition) is 1. The van der Waals surface area contributed by atoms with E-state index in [9.17, 15) is 9.59 Å². The number of carbonyl (C=O) groups excluding carboxylic acids is 2. The Hall–Kier alpha value is -2.04. The first kappa shape index (κ1) is 16.8. The van der Waals surface area contributed by atoms with Gasteiger partial charge in [-0.05, 0) is 42.9 Å². The highest BCUT2D eigenvalue weighted by Gasteiger charge is 2.46. The largest absolute Gasteiger partial charge is 0.497 e. The first-order valence-electron chi connectivity index (χ1n) is 8.84. The fraction of sp³-hybridized carbons (Fsp3) is 0.579. The third-order valence-corrected chi connectivity index (χ3v) is 5.07. The molecule has 1 aromatic rings. The molecule has 3 atom stereocenters. The second kappa shape index (κ2) is 7.24. The lowest BCUT2D eigenvalue weighted by molar-refractivity contribution is -0.135. The van der Waals surface area contributed by atoms with Gasteiger partial charge >= 0.3 is 0 Å². The number of nitrogens with zero attached hydrogens (tertiary/aromatic N) is 1. The highest BCUT2D eigenvalue weighted by atomic mass is 16.5. The zero-order valence-corrected chi connectivity index (χ0v) is 14.5. The fourth-order valence-electron chi connectivity index (χ4n) is 3.55. The van der Waals surface area contributed by atoms with E-state index in [4.69, 9.17) is 4.74 Å². The van der Waals surface area contributed by atoms with Crippen molar-refractivity contribution in [2.75, 3.05) is 20.2 Å². The summed E-state index contributed by atoms with van der Waals surface area (Å²) in [4.78, 5) is 26.3. The summed E-state index contributed by atoms with van der Waals surface area (Å²) in [5.74, 6) is 1.57. The molecule has 5 heteroatoms. The number of ether oxygens (including phenoxy) is 1. The molecule has 24 heavy (non-hydrogen) atoms. The summed E-state index contributed by atoms with van der Waals surface area (Å²) in [7, 11) is 1.66. The van der Waals surface area contributed by atoms with Gasteiger partial charge in [-0.15, -0.1) is 0 Å². The van der Waals surface area contributed by atoms with Crippen molar-refractivity contribution in [1.82, 2.24) is 10.2 Å². The number of hydrogen-bond acceptors (Lipinski definition) is 3. The maximum Gasteiger partial charge on any atom is 0.226 e. The van der Waals surface area contributed by atoms with Crippen LogP contribution in [0.1, 0.15) is 44.1 Å². The van der Waals surface area contributed by atoms with Crippen molar-refractivity contribution in [2.45, 2.75) is 44.6 Å². The van der Waals surface area contributed by atoms with Gasteiger partial charge in [-0.2, -0.15) is 0 Å². The van der Waals surface area contributed by atoms with E-state index in [-0.39, 0.29) is 23.8 Å². The van der Waals surface area contributed by atoms with E-state index in [0.29, 0.717) is 18.9 Å². The van der Waals surface area contributed by atoms with E-state index in [1.165, 1.54) is 5.56 Å². The van der Waals surface area contributed by atoms with Gasteiger partial charge in [0, 0.05) is 31.5 Å². The molecule has 1 N–H and O–H groups in total. The van der Waals surface area contributed by atoms with Crippen LogP contribution in [0.15, 0.2) is 24.3 Å². The summed E-state index contributed by atoms with van der Waals surface area (Å²) in [5, 5.41) is 3.02. The van der Waals surface area contributed by atoms with Crippen LogP contribution in [0.4, 0.5) is 0 Å². The summed E-state index contributed by atoms with van der Waals surface area (Å²) < 4.78 is 5.18. The number of rotatable bonds is 5. The number of carbonyl (C=O) groups is 2. The lowest BCUT2D eigenvalue weighted by Gasteiger charge is -2.33. The van der Waals surface area contributed by atoms with Crippen molar-refractivity contribution in [3.8, 4) is 5.75 Å². The van der Waals surface area contributed by atoms with Crippen LogP contribution in [0.25, 0.3) is 0 Å². The van der Waals surface area contributed by atoms with Crippen molar-refractivity contribution < 1.29 is 14.3 Å². The van der Waals surface area contributed by atoms with Gasteiger partial charge in [0.1, 0.15) is 5.75 Å². The predicted molar refractivity (Wildman–Crippen MR) is 91.9 cm³/mol. The quantitative estimate of drug-likeness (QED) is 0.901. The molecule has 3 rings (SSSR count). The molecule has 2 aliphatic rings. The molecule has 0 radical (unpaired) electrons. The van der Waals surface area contributed by atoms with Crippen molar-refractivity contribution in [3.63, 3.8) is 0 Å². The molecule has 1 aromatic carbocycles. The van der Waals surface area contributed by atoms with Gasteiger partial charge in [-0.3, -0.25) is 9.59 Å². The minimum atomic E-state index is 0.0665. The molecule has 1 heterocycles. The molecule has 1 saturated heterocycles. The zero-order valence-electron chi connectivity index (χ0n) is 14.5. The van der Waals surface area contributed by atoms with Gasteiger partial charge in [0.05, 0.1) is 7.11 Å². The minimum Gasteiger partial charge on any atom is -0.497 e. The van der Waals surface area contributed by atoms with E-state index < -0.39 is 0 Å². The van der Waals surface area contributed by atoms with Gasteiger partial charge in [0.25, 0.3) is 0 Å². The molecule has 0 spiro atoms. The monoisotopic (exact) mass is 330 g/mol. The van der Waals surface area contributed by atoms with Crippen LogP contribution in [0.3, 0.4) is 0 Å². The third kappa shape index (κ3) is 3.71. The first-order valence-corrected chi connectivity index (χ1v) is 8.84. The van der Waals surface area contributed by atoms with Crippen LogP contribution >= 0.6 is 0 Å². The Kier molecular flexibility index (Phi) is 5.07. The van der Waals surface area contributed by atoms with Crippen LogP contribution in [0.2, 0.25) is 0 Å². The van der Waals surface area contributed by atoms with Gasteiger partial charge in [0.15, 0.2) is 0 Å². The Bertz CT molecular complexity index is 599. The molecule has 1 aliphatic carbocycles. The fourth-order valence-corrected chi connectivity index (χ4v) is 3.55. The van der Waals surface area contributed by atoms with Gasteiger partial charge in [0.2, 0.25) is 11.8 Å². The van der Waals surface area contributed by atoms with Crippen molar-refractivity contribution in [2.24, 2.45) is 5.92 Å². The van der Waals surface area contributed by atoms with Crippen LogP contribution in [-0.2, 0) is 9.59 Å².